The van der Waals surface area contributed by atoms with Gasteiger partial charge in [0.05, 0.1) is 17.0 Å². The first-order chi connectivity index (χ1) is 14.6. The molecule has 1 heterocycles. The number of nitrogen functional groups attached to an aromatic ring is 1. The minimum atomic E-state index is -4.38. The van der Waals surface area contributed by atoms with Crippen LogP contribution >= 0.6 is 0 Å². The largest absolute Gasteiger partial charge is 0.480 e. The number of hydrogen-bond donors (Lipinski definition) is 3. The predicted octanol–water partition coefficient (Wildman–Crippen LogP) is 3.87. The topological polar surface area (TPSA) is 115 Å². The minimum absolute atomic E-state index is 0.0431. The summed E-state index contributed by atoms with van der Waals surface area (Å²) >= 11 is 0. The molecule has 0 saturated carbocycles. The lowest BCUT2D eigenvalue weighted by atomic mass is 10.0. The third-order valence-electron chi connectivity index (χ3n) is 4.47. The number of carboxylic acid groups (broad SMARTS) is 1. The van der Waals surface area contributed by atoms with E-state index in [2.05, 4.69) is 9.97 Å². The summed E-state index contributed by atoms with van der Waals surface area (Å²) in [5.41, 5.74) is 13.7. The third kappa shape index (κ3) is 5.89. The Morgan fingerprint density at radius 2 is 1.68 bits per heavy atom. The fourth-order valence-electron chi connectivity index (χ4n) is 2.84. The first-order valence-electron chi connectivity index (χ1n) is 9.19. The Morgan fingerprint density at radius 1 is 1.03 bits per heavy atom. The maximum atomic E-state index is 12.7. The van der Waals surface area contributed by atoms with E-state index in [0.717, 1.165) is 23.3 Å². The van der Waals surface area contributed by atoms with Crippen LogP contribution in [0.1, 0.15) is 22.4 Å². The van der Waals surface area contributed by atoms with Gasteiger partial charge in [-0.2, -0.15) is 13.2 Å². The van der Waals surface area contributed by atoms with Gasteiger partial charge in [-0.25, -0.2) is 9.97 Å². The fourth-order valence-corrected chi connectivity index (χ4v) is 2.84. The molecule has 0 fully saturated rings. The molecule has 0 aliphatic rings. The van der Waals surface area contributed by atoms with Gasteiger partial charge in [-0.3, -0.25) is 4.79 Å². The summed E-state index contributed by atoms with van der Waals surface area (Å²) in [5, 5.41) is 8.91. The van der Waals surface area contributed by atoms with Crippen LogP contribution < -0.4 is 11.5 Å². The van der Waals surface area contributed by atoms with Crippen molar-refractivity contribution in [1.29, 1.82) is 0 Å². The molecule has 1 atom stereocenters. The molecule has 5 N–H and O–H groups in total. The van der Waals surface area contributed by atoms with Crippen molar-refractivity contribution in [3.8, 4) is 11.3 Å². The van der Waals surface area contributed by atoms with E-state index >= 15 is 0 Å². The van der Waals surface area contributed by atoms with Crippen LogP contribution in [0, 0.1) is 0 Å². The number of nitrogens with zero attached hydrogens (tertiary/aromatic N) is 2. The summed E-state index contributed by atoms with van der Waals surface area (Å²) in [4.78, 5) is 19.2. The second-order valence-electron chi connectivity index (χ2n) is 6.84. The number of carboxylic acids is 1. The first kappa shape index (κ1) is 22.0. The minimum Gasteiger partial charge on any atom is -0.480 e. The second-order valence-corrected chi connectivity index (χ2v) is 6.84. The molecule has 0 radical (unpaired) electrons. The number of halogens is 3. The molecular formula is C22H19F3N4O2. The Hall–Kier alpha value is -3.72. The van der Waals surface area contributed by atoms with Crippen LogP contribution in [0.5, 0.6) is 0 Å². The highest BCUT2D eigenvalue weighted by Gasteiger charge is 2.29. The molecule has 9 heteroatoms. The molecular weight excluding hydrogens is 409 g/mol. The molecule has 6 nitrogen and oxygen atoms in total. The summed E-state index contributed by atoms with van der Waals surface area (Å²) in [5.74, 6) is -1.03. The lowest BCUT2D eigenvalue weighted by molar-refractivity contribution is -0.139. The summed E-state index contributed by atoms with van der Waals surface area (Å²) in [6.07, 6.45) is -0.929. The molecule has 3 rings (SSSR count). The van der Waals surface area contributed by atoms with Crippen LogP contribution in [0.4, 0.5) is 19.1 Å². The Bertz CT molecular complexity index is 1100. The van der Waals surface area contributed by atoms with Gasteiger partial charge in [0.15, 0.2) is 0 Å². The van der Waals surface area contributed by atoms with Gasteiger partial charge < -0.3 is 16.6 Å². The number of alkyl halides is 3. The van der Waals surface area contributed by atoms with Crippen LogP contribution in [0.25, 0.3) is 23.4 Å². The highest BCUT2D eigenvalue weighted by molar-refractivity contribution is 5.74. The number of nitrogens with two attached hydrogens (primary N) is 2. The van der Waals surface area contributed by atoms with Crippen LogP contribution in [-0.4, -0.2) is 27.1 Å². The zero-order valence-corrected chi connectivity index (χ0v) is 16.2. The molecule has 0 spiro atoms. The lowest BCUT2D eigenvalue weighted by Crippen LogP contribution is -2.32. The monoisotopic (exact) mass is 428 g/mol. The molecule has 31 heavy (non-hydrogen) atoms. The van der Waals surface area contributed by atoms with Crippen molar-refractivity contribution in [2.24, 2.45) is 5.73 Å². The smallest absolute Gasteiger partial charge is 0.416 e. The second kappa shape index (κ2) is 8.97. The standard InChI is InChI=1S/C22H19F3N4O2/c23-22(24,25)16-8-3-13(4-9-16)5-10-17-12-19(29-21(27)28-17)15-6-1-14(2-7-15)11-18(26)20(30)31/h1-10,12,18H,11,26H2,(H,30,31)(H2,27,28,29). The van der Waals surface area contributed by atoms with Crippen LogP contribution in [0.15, 0.2) is 54.6 Å². The van der Waals surface area contributed by atoms with E-state index in [4.69, 9.17) is 16.6 Å². The van der Waals surface area contributed by atoms with E-state index in [0.29, 0.717) is 17.0 Å². The van der Waals surface area contributed by atoms with Gasteiger partial charge in [0.1, 0.15) is 6.04 Å². The maximum absolute atomic E-state index is 12.7. The van der Waals surface area contributed by atoms with Gasteiger partial charge in [0, 0.05) is 5.56 Å². The molecule has 2 aromatic carbocycles. The average molecular weight is 428 g/mol. The molecule has 0 bridgehead atoms. The number of rotatable bonds is 6. The normalized spacial score (nSPS) is 12.8. The van der Waals surface area contributed by atoms with Crippen molar-refractivity contribution in [1.82, 2.24) is 9.97 Å². The third-order valence-corrected chi connectivity index (χ3v) is 4.47. The zero-order valence-electron chi connectivity index (χ0n) is 16.2. The van der Waals surface area contributed by atoms with Gasteiger partial charge in [-0.05, 0) is 41.8 Å². The Kier molecular flexibility index (Phi) is 6.36. The van der Waals surface area contributed by atoms with Gasteiger partial charge in [0.2, 0.25) is 5.95 Å². The first-order valence-corrected chi connectivity index (χ1v) is 9.19. The molecule has 0 aliphatic carbocycles. The molecule has 3 aromatic rings. The van der Waals surface area contributed by atoms with Crippen LogP contribution in [0.3, 0.4) is 0 Å². The maximum Gasteiger partial charge on any atom is 0.416 e. The molecule has 0 saturated heterocycles. The molecule has 0 aliphatic heterocycles. The van der Waals surface area contributed by atoms with Crippen molar-refractivity contribution in [3.05, 3.63) is 77.0 Å². The quantitative estimate of drug-likeness (QED) is 0.549. The number of aliphatic carboxylic acids is 1. The van der Waals surface area contributed by atoms with E-state index in [9.17, 15) is 18.0 Å². The highest BCUT2D eigenvalue weighted by Crippen LogP contribution is 2.29. The number of anilines is 1. The summed E-state index contributed by atoms with van der Waals surface area (Å²) in [6.45, 7) is 0. The van der Waals surface area contributed by atoms with E-state index < -0.39 is 23.8 Å². The Morgan fingerprint density at radius 3 is 2.26 bits per heavy atom. The van der Waals surface area contributed by atoms with E-state index in [1.54, 1.807) is 42.5 Å². The number of carbonyl (C=O) groups is 1. The predicted molar refractivity (Wildman–Crippen MR) is 112 cm³/mol. The van der Waals surface area contributed by atoms with Gasteiger partial charge in [-0.1, -0.05) is 42.5 Å². The lowest BCUT2D eigenvalue weighted by Gasteiger charge is -2.08. The van der Waals surface area contributed by atoms with Crippen molar-refractivity contribution in [2.45, 2.75) is 18.6 Å². The number of aromatic nitrogens is 2. The summed E-state index contributed by atoms with van der Waals surface area (Å²) in [6, 6.07) is 12.5. The summed E-state index contributed by atoms with van der Waals surface area (Å²) < 4.78 is 38.0. The van der Waals surface area contributed by atoms with E-state index in [-0.39, 0.29) is 12.4 Å². The SMILES string of the molecule is Nc1nc(C=Cc2ccc(C(F)(F)F)cc2)cc(-c2ccc(CC(N)C(=O)O)cc2)n1. The van der Waals surface area contributed by atoms with Gasteiger partial charge >= 0.3 is 12.1 Å². The highest BCUT2D eigenvalue weighted by atomic mass is 19.4. The van der Waals surface area contributed by atoms with Crippen LogP contribution in [0.2, 0.25) is 0 Å². The molecule has 1 unspecified atom stereocenters. The van der Waals surface area contributed by atoms with Crippen molar-refractivity contribution >= 4 is 24.1 Å². The average Bonchev–Trinajstić information content (AvgIpc) is 2.72. The Labute approximate surface area is 176 Å². The zero-order chi connectivity index (χ0) is 22.6. The van der Waals surface area contributed by atoms with Crippen molar-refractivity contribution < 1.29 is 23.1 Å². The molecule has 160 valence electrons. The fraction of sp³-hybridized carbons (Fsp3) is 0.136. The van der Waals surface area contributed by atoms with Gasteiger partial charge in [0.25, 0.3) is 0 Å². The van der Waals surface area contributed by atoms with Crippen molar-refractivity contribution in [3.63, 3.8) is 0 Å². The van der Waals surface area contributed by atoms with Crippen LogP contribution in [-0.2, 0) is 17.4 Å². The summed E-state index contributed by atoms with van der Waals surface area (Å²) in [7, 11) is 0. The molecule has 1 aromatic heterocycles. The molecule has 0 amide bonds. The van der Waals surface area contributed by atoms with E-state index in [1.165, 1.54) is 12.1 Å². The Balaban J connectivity index is 1.78. The van der Waals surface area contributed by atoms with Crippen molar-refractivity contribution in [2.75, 3.05) is 5.73 Å². The number of benzene rings is 2. The van der Waals surface area contributed by atoms with E-state index in [1.807, 2.05) is 0 Å². The number of hydrogen-bond acceptors (Lipinski definition) is 5. The van der Waals surface area contributed by atoms with Gasteiger partial charge in [-0.15, -0.1) is 0 Å².